The molecule has 0 unspecified atom stereocenters. The predicted molar refractivity (Wildman–Crippen MR) is 71.3 cm³/mol. The minimum Gasteiger partial charge on any atom is -0.497 e. The quantitative estimate of drug-likeness (QED) is 0.780. The lowest BCUT2D eigenvalue weighted by molar-refractivity contribution is 0.0960. The van der Waals surface area contributed by atoms with Crippen LogP contribution in [0.3, 0.4) is 0 Å². The summed E-state index contributed by atoms with van der Waals surface area (Å²) >= 11 is 0. The van der Waals surface area contributed by atoms with Gasteiger partial charge in [0, 0.05) is 5.56 Å². The highest BCUT2D eigenvalue weighted by molar-refractivity contribution is 7.52. The van der Waals surface area contributed by atoms with E-state index in [1.807, 2.05) is 0 Å². The second kappa shape index (κ2) is 7.28. The van der Waals surface area contributed by atoms with Crippen molar-refractivity contribution >= 4 is 13.7 Å². The fourth-order valence-electron chi connectivity index (χ4n) is 1.37. The lowest BCUT2D eigenvalue weighted by atomic mass is 10.2. The zero-order valence-electron chi connectivity index (χ0n) is 11.2. The second-order valence-electron chi connectivity index (χ2n) is 3.50. The van der Waals surface area contributed by atoms with Crippen molar-refractivity contribution in [1.29, 1.82) is 0 Å². The van der Waals surface area contributed by atoms with E-state index in [0.717, 1.165) is 0 Å². The Morgan fingerprint density at radius 2 is 1.68 bits per heavy atom. The molecule has 0 aliphatic heterocycles. The Morgan fingerprint density at radius 1 is 1.16 bits per heavy atom. The maximum Gasteiger partial charge on any atom is 0.435 e. The van der Waals surface area contributed by atoms with E-state index in [4.69, 9.17) is 13.8 Å². The van der Waals surface area contributed by atoms with E-state index in [-0.39, 0.29) is 13.2 Å². The van der Waals surface area contributed by atoms with Gasteiger partial charge in [-0.05, 0) is 38.1 Å². The number of methoxy groups -OCH3 is 1. The van der Waals surface area contributed by atoms with Gasteiger partial charge in [-0.2, -0.15) is 0 Å². The molecule has 0 fully saturated rings. The smallest absolute Gasteiger partial charge is 0.435 e. The molecule has 0 aromatic heterocycles. The summed E-state index contributed by atoms with van der Waals surface area (Å²) in [6.45, 7) is 3.71. The summed E-state index contributed by atoms with van der Waals surface area (Å²) in [6, 6.07) is 6.41. The van der Waals surface area contributed by atoms with Crippen molar-refractivity contribution < 1.29 is 23.1 Å². The summed E-state index contributed by atoms with van der Waals surface area (Å²) in [5.74, 6) is 0.113. The number of hydrogen-bond donors (Lipinski definition) is 1. The van der Waals surface area contributed by atoms with Gasteiger partial charge < -0.3 is 4.74 Å². The topological polar surface area (TPSA) is 73.9 Å². The Bertz CT molecular complexity index is 450. The molecule has 0 saturated heterocycles. The van der Waals surface area contributed by atoms with Crippen LogP contribution in [-0.2, 0) is 13.6 Å². The average Bonchev–Trinajstić information content (AvgIpc) is 2.39. The highest BCUT2D eigenvalue weighted by Gasteiger charge is 2.26. The van der Waals surface area contributed by atoms with Crippen molar-refractivity contribution in [2.45, 2.75) is 13.8 Å². The molecule has 0 saturated carbocycles. The Labute approximate surface area is 112 Å². The third kappa shape index (κ3) is 4.67. The lowest BCUT2D eigenvalue weighted by Crippen LogP contribution is -2.23. The van der Waals surface area contributed by atoms with Gasteiger partial charge in [-0.25, -0.2) is 4.57 Å². The fourth-order valence-corrected chi connectivity index (χ4v) is 2.63. The number of benzene rings is 1. The summed E-state index contributed by atoms with van der Waals surface area (Å²) in [7, 11) is -2.06. The van der Waals surface area contributed by atoms with Gasteiger partial charge in [-0.15, -0.1) is 0 Å². The van der Waals surface area contributed by atoms with Crippen LogP contribution < -0.4 is 9.82 Å². The van der Waals surface area contributed by atoms with Gasteiger partial charge in [-0.3, -0.25) is 18.9 Å². The molecule has 19 heavy (non-hydrogen) atoms. The Morgan fingerprint density at radius 3 is 2.11 bits per heavy atom. The largest absolute Gasteiger partial charge is 0.497 e. The number of carbonyl (C=O) groups excluding carboxylic acids is 1. The minimum atomic E-state index is -3.59. The molecule has 1 aromatic rings. The first-order chi connectivity index (χ1) is 9.04. The maximum atomic E-state index is 12.1. The monoisotopic (exact) mass is 287 g/mol. The number of rotatable bonds is 7. The Kier molecular flexibility index (Phi) is 6.02. The minimum absolute atomic E-state index is 0.181. The molecule has 1 rings (SSSR count). The van der Waals surface area contributed by atoms with E-state index >= 15 is 0 Å². The molecular formula is C12H18NO5P. The van der Waals surface area contributed by atoms with Crippen LogP contribution >= 0.6 is 7.75 Å². The standard InChI is InChI=1S/C12H18NO5P/c1-4-17-19(15,18-5-2)13-12(14)10-6-8-11(16-3)9-7-10/h6-9H,4-5H2,1-3H3,(H,13,14,15). The molecule has 1 aromatic carbocycles. The molecule has 0 spiro atoms. The Balaban J connectivity index is 2.78. The van der Waals surface area contributed by atoms with E-state index < -0.39 is 13.7 Å². The van der Waals surface area contributed by atoms with Crippen LogP contribution in [0.2, 0.25) is 0 Å². The zero-order chi connectivity index (χ0) is 14.3. The van der Waals surface area contributed by atoms with Crippen molar-refractivity contribution in [2.24, 2.45) is 0 Å². The summed E-state index contributed by atoms with van der Waals surface area (Å²) in [5, 5.41) is 2.28. The molecule has 7 heteroatoms. The summed E-state index contributed by atoms with van der Waals surface area (Å²) in [6.07, 6.45) is 0. The van der Waals surface area contributed by atoms with E-state index in [1.54, 1.807) is 38.1 Å². The number of amides is 1. The molecule has 0 atom stereocenters. The number of hydrogen-bond acceptors (Lipinski definition) is 5. The predicted octanol–water partition coefficient (Wildman–Crippen LogP) is 2.61. The molecule has 106 valence electrons. The first-order valence-corrected chi connectivity index (χ1v) is 7.44. The third-order valence-electron chi connectivity index (χ3n) is 2.19. The molecule has 1 amide bonds. The van der Waals surface area contributed by atoms with E-state index in [2.05, 4.69) is 5.09 Å². The molecule has 0 radical (unpaired) electrons. The zero-order valence-corrected chi connectivity index (χ0v) is 12.1. The van der Waals surface area contributed by atoms with Crippen LogP contribution in [0.5, 0.6) is 5.75 Å². The summed E-state index contributed by atoms with van der Waals surface area (Å²) in [5.41, 5.74) is 0.348. The Hall–Kier alpha value is -1.36. The van der Waals surface area contributed by atoms with Crippen molar-refractivity contribution in [3.63, 3.8) is 0 Å². The molecular weight excluding hydrogens is 269 g/mol. The van der Waals surface area contributed by atoms with Crippen LogP contribution in [0.4, 0.5) is 0 Å². The van der Waals surface area contributed by atoms with Crippen LogP contribution in [0.15, 0.2) is 24.3 Å². The van der Waals surface area contributed by atoms with Crippen molar-refractivity contribution in [1.82, 2.24) is 5.09 Å². The number of nitrogens with one attached hydrogen (secondary N) is 1. The molecule has 0 heterocycles. The number of carbonyl (C=O) groups is 1. The summed E-state index contributed by atoms with van der Waals surface area (Å²) < 4.78 is 27.1. The normalized spacial score (nSPS) is 11.1. The van der Waals surface area contributed by atoms with Crippen LogP contribution in [-0.4, -0.2) is 26.2 Å². The van der Waals surface area contributed by atoms with Crippen LogP contribution in [0.25, 0.3) is 0 Å². The van der Waals surface area contributed by atoms with E-state index in [0.29, 0.717) is 11.3 Å². The van der Waals surface area contributed by atoms with Crippen molar-refractivity contribution in [3.05, 3.63) is 29.8 Å². The molecule has 6 nitrogen and oxygen atoms in total. The molecule has 0 aliphatic carbocycles. The highest BCUT2D eigenvalue weighted by atomic mass is 31.2. The van der Waals surface area contributed by atoms with Gasteiger partial charge in [-0.1, -0.05) is 0 Å². The third-order valence-corrected chi connectivity index (χ3v) is 3.86. The molecule has 0 bridgehead atoms. The van der Waals surface area contributed by atoms with Gasteiger partial charge in [0.1, 0.15) is 5.75 Å². The summed E-state index contributed by atoms with van der Waals surface area (Å²) in [4.78, 5) is 11.9. The van der Waals surface area contributed by atoms with Crippen LogP contribution in [0, 0.1) is 0 Å². The van der Waals surface area contributed by atoms with Crippen molar-refractivity contribution in [2.75, 3.05) is 20.3 Å². The first-order valence-electron chi connectivity index (χ1n) is 5.90. The molecule has 0 aliphatic rings. The van der Waals surface area contributed by atoms with E-state index in [9.17, 15) is 9.36 Å². The molecule has 1 N–H and O–H groups in total. The SMILES string of the molecule is CCOP(=O)(NC(=O)c1ccc(OC)cc1)OCC. The van der Waals surface area contributed by atoms with Gasteiger partial charge in [0.25, 0.3) is 5.91 Å². The van der Waals surface area contributed by atoms with Crippen LogP contribution in [0.1, 0.15) is 24.2 Å². The van der Waals surface area contributed by atoms with Gasteiger partial charge in [0.2, 0.25) is 0 Å². The highest BCUT2D eigenvalue weighted by Crippen LogP contribution is 2.43. The van der Waals surface area contributed by atoms with Crippen molar-refractivity contribution in [3.8, 4) is 5.75 Å². The lowest BCUT2D eigenvalue weighted by Gasteiger charge is -2.17. The van der Waals surface area contributed by atoms with Gasteiger partial charge in [0.05, 0.1) is 20.3 Å². The first kappa shape index (κ1) is 15.7. The van der Waals surface area contributed by atoms with E-state index in [1.165, 1.54) is 7.11 Å². The second-order valence-corrected chi connectivity index (χ2v) is 5.24. The maximum absolute atomic E-state index is 12.1. The fraction of sp³-hybridized carbons (Fsp3) is 0.417. The average molecular weight is 287 g/mol. The van der Waals surface area contributed by atoms with Gasteiger partial charge >= 0.3 is 7.75 Å². The number of ether oxygens (including phenoxy) is 1. The van der Waals surface area contributed by atoms with Gasteiger partial charge in [0.15, 0.2) is 0 Å².